The third kappa shape index (κ3) is 4.26. The second-order valence-electron chi connectivity index (χ2n) is 7.52. The molecule has 32 heavy (non-hydrogen) atoms. The van der Waals surface area contributed by atoms with Gasteiger partial charge in [0.25, 0.3) is 6.08 Å². The number of hydrogen-bond donors (Lipinski definition) is 2. The number of aromatic nitrogens is 3. The van der Waals surface area contributed by atoms with Crippen molar-refractivity contribution in [3.05, 3.63) is 68.5 Å². The number of nitrogens with two attached hydrogens (primary N) is 1. The van der Waals surface area contributed by atoms with E-state index >= 15 is 0 Å². The number of carbonyl (C=O) groups excluding carboxylic acids is 1. The van der Waals surface area contributed by atoms with Gasteiger partial charge >= 0.3 is 5.69 Å². The Morgan fingerprint density at radius 3 is 2.75 bits per heavy atom. The highest BCUT2D eigenvalue weighted by Crippen LogP contribution is 2.36. The minimum absolute atomic E-state index is 0.0212. The van der Waals surface area contributed by atoms with E-state index in [9.17, 15) is 22.8 Å². The molecule has 1 aliphatic heterocycles. The third-order valence-corrected chi connectivity index (χ3v) is 6.45. The number of carbonyl (C=O) groups is 1. The molecule has 4 rings (SSSR count). The number of fused-ring (bicyclic) bond motifs is 1. The van der Waals surface area contributed by atoms with E-state index in [4.69, 9.17) is 5.73 Å². The zero-order valence-corrected chi connectivity index (χ0v) is 17.9. The zero-order valence-electron chi connectivity index (χ0n) is 17.1. The van der Waals surface area contributed by atoms with Crippen molar-refractivity contribution >= 4 is 22.9 Å². The normalized spacial score (nSPS) is 13.1. The largest absolute Gasteiger partial charge is 0.346 e. The Kier molecular flexibility index (Phi) is 6.02. The highest BCUT2D eigenvalue weighted by molar-refractivity contribution is 7.15. The molecule has 0 spiro atoms. The fraction of sp³-hybridized carbons (Fsp3) is 0.286. The molecule has 3 N–H and O–H groups in total. The Morgan fingerprint density at radius 1 is 1.25 bits per heavy atom. The first-order valence-electron chi connectivity index (χ1n) is 9.84. The second-order valence-corrected chi connectivity index (χ2v) is 8.66. The summed E-state index contributed by atoms with van der Waals surface area (Å²) in [5, 5.41) is 6.71. The fourth-order valence-electron chi connectivity index (χ4n) is 3.61. The maximum absolute atomic E-state index is 14.7. The molecule has 0 radical (unpaired) electrons. The van der Waals surface area contributed by atoms with Crippen LogP contribution >= 0.6 is 11.3 Å². The first kappa shape index (κ1) is 22.0. The van der Waals surface area contributed by atoms with Crippen molar-refractivity contribution in [3.8, 4) is 10.4 Å². The van der Waals surface area contributed by atoms with Crippen molar-refractivity contribution in [1.29, 1.82) is 0 Å². The van der Waals surface area contributed by atoms with Crippen molar-refractivity contribution in [2.24, 2.45) is 5.73 Å². The lowest BCUT2D eigenvalue weighted by molar-refractivity contribution is -0.116. The number of benzene rings is 1. The van der Waals surface area contributed by atoms with Gasteiger partial charge in [-0.2, -0.15) is 13.9 Å². The van der Waals surface area contributed by atoms with Crippen LogP contribution in [0.5, 0.6) is 0 Å². The van der Waals surface area contributed by atoms with Crippen LogP contribution in [0.15, 0.2) is 41.0 Å². The zero-order chi connectivity index (χ0) is 23.0. The van der Waals surface area contributed by atoms with Crippen LogP contribution in [0.25, 0.3) is 10.4 Å². The third-order valence-electron chi connectivity index (χ3n) is 5.31. The van der Waals surface area contributed by atoms with Crippen molar-refractivity contribution in [1.82, 2.24) is 14.3 Å². The molecule has 2 aromatic heterocycles. The summed E-state index contributed by atoms with van der Waals surface area (Å²) in [7, 11) is 0. The van der Waals surface area contributed by atoms with Gasteiger partial charge in [-0.25, -0.2) is 13.9 Å². The van der Waals surface area contributed by atoms with Crippen LogP contribution in [0.1, 0.15) is 22.4 Å². The van der Waals surface area contributed by atoms with Gasteiger partial charge in [0.15, 0.2) is 0 Å². The molecule has 11 heteroatoms. The van der Waals surface area contributed by atoms with Crippen molar-refractivity contribution in [3.63, 3.8) is 0 Å². The lowest BCUT2D eigenvalue weighted by Crippen LogP contribution is -2.27. The summed E-state index contributed by atoms with van der Waals surface area (Å²) < 4.78 is 42.3. The number of thiophene rings is 1. The molecular formula is C21H20F3N5O2S. The summed E-state index contributed by atoms with van der Waals surface area (Å²) in [6, 6.07) is 5.23. The first-order chi connectivity index (χ1) is 15.3. The molecule has 0 bridgehead atoms. The van der Waals surface area contributed by atoms with Crippen LogP contribution in [0.2, 0.25) is 0 Å². The van der Waals surface area contributed by atoms with Gasteiger partial charge in [0.1, 0.15) is 12.1 Å². The molecule has 0 fully saturated rings. The number of nitrogens with one attached hydrogen (secondary N) is 1. The van der Waals surface area contributed by atoms with Crippen LogP contribution in [0, 0.1) is 12.7 Å². The van der Waals surface area contributed by atoms with Gasteiger partial charge in [0.2, 0.25) is 5.91 Å². The Morgan fingerprint density at radius 2 is 2.03 bits per heavy atom. The molecule has 0 unspecified atom stereocenters. The van der Waals surface area contributed by atoms with Crippen LogP contribution < -0.4 is 16.7 Å². The van der Waals surface area contributed by atoms with Crippen LogP contribution in [-0.2, 0) is 24.3 Å². The maximum atomic E-state index is 14.7. The van der Waals surface area contributed by atoms with E-state index in [2.05, 4.69) is 10.4 Å². The van der Waals surface area contributed by atoms with E-state index in [-0.39, 0.29) is 18.0 Å². The summed E-state index contributed by atoms with van der Waals surface area (Å²) in [6.45, 7) is 0.994. The average molecular weight is 463 g/mol. The van der Waals surface area contributed by atoms with E-state index in [1.165, 1.54) is 23.7 Å². The fourth-order valence-corrected chi connectivity index (χ4v) is 4.63. The molecule has 0 atom stereocenters. The summed E-state index contributed by atoms with van der Waals surface area (Å²) in [4.78, 5) is 25.1. The van der Waals surface area contributed by atoms with E-state index in [1.807, 2.05) is 19.1 Å². The van der Waals surface area contributed by atoms with Gasteiger partial charge in [-0.3, -0.25) is 9.36 Å². The molecule has 1 aromatic carbocycles. The molecule has 3 aromatic rings. The first-order valence-corrected chi connectivity index (χ1v) is 10.7. The Balaban J connectivity index is 1.60. The summed E-state index contributed by atoms with van der Waals surface area (Å²) >= 11 is 1.20. The van der Waals surface area contributed by atoms with E-state index in [1.54, 1.807) is 0 Å². The smallest absolute Gasteiger partial charge is 0.327 e. The number of nitrogens with zero attached hydrogens (tertiary/aromatic N) is 3. The number of hydrogen-bond acceptors (Lipinski definition) is 5. The van der Waals surface area contributed by atoms with E-state index in [0.717, 1.165) is 31.6 Å². The second kappa shape index (κ2) is 8.75. The summed E-state index contributed by atoms with van der Waals surface area (Å²) in [5.41, 5.74) is 7.78. The molecule has 7 nitrogen and oxygen atoms in total. The van der Waals surface area contributed by atoms with Gasteiger partial charge in [-0.15, -0.1) is 11.3 Å². The molecule has 168 valence electrons. The van der Waals surface area contributed by atoms with Crippen LogP contribution in [0.4, 0.5) is 18.9 Å². The van der Waals surface area contributed by atoms with Crippen LogP contribution in [-0.4, -0.2) is 26.8 Å². The van der Waals surface area contributed by atoms with Gasteiger partial charge in [-0.05, 0) is 48.2 Å². The summed E-state index contributed by atoms with van der Waals surface area (Å²) in [6.07, 6.45) is 0.268. The van der Waals surface area contributed by atoms with Crippen molar-refractivity contribution in [2.75, 3.05) is 11.9 Å². The standard InChI is InChI=1S/C21H20F3N5O2S/c1-11-4-13(5-12-2-3-18(30)27-19(11)12)16-6-15(22)17(32-16)9-28-10-26-29(21(28)31)8-14(7-25)20(23)24/h4-6,10H,2-3,7-9,25H2,1H3,(H,27,30). The van der Waals surface area contributed by atoms with Crippen molar-refractivity contribution in [2.45, 2.75) is 32.9 Å². The van der Waals surface area contributed by atoms with Gasteiger partial charge in [-0.1, -0.05) is 0 Å². The Hall–Kier alpha value is -3.18. The minimum Gasteiger partial charge on any atom is -0.327 e. The Bertz CT molecular complexity index is 1290. The Labute approximate surface area is 185 Å². The lowest BCUT2D eigenvalue weighted by atomic mass is 9.96. The highest BCUT2D eigenvalue weighted by Gasteiger charge is 2.20. The van der Waals surface area contributed by atoms with Gasteiger partial charge < -0.3 is 11.1 Å². The number of halogens is 3. The van der Waals surface area contributed by atoms with E-state index < -0.39 is 30.7 Å². The predicted octanol–water partition coefficient (Wildman–Crippen LogP) is 3.26. The lowest BCUT2D eigenvalue weighted by Gasteiger charge is -2.20. The molecule has 1 aliphatic rings. The molecule has 0 aliphatic carbocycles. The SMILES string of the molecule is Cc1cc(-c2cc(F)c(Cn3cnn(CC(CN)=C(F)F)c3=O)s2)cc2c1NC(=O)CC2. The molecule has 0 saturated carbocycles. The van der Waals surface area contributed by atoms with Crippen molar-refractivity contribution < 1.29 is 18.0 Å². The number of aryl methyl sites for hydroxylation is 2. The maximum Gasteiger partial charge on any atom is 0.346 e. The molecule has 0 saturated heterocycles. The number of rotatable bonds is 6. The van der Waals surface area contributed by atoms with Gasteiger partial charge in [0, 0.05) is 29.1 Å². The molecule has 3 heterocycles. The quantitative estimate of drug-likeness (QED) is 0.587. The number of amides is 1. The average Bonchev–Trinajstić information content (AvgIpc) is 3.29. The summed E-state index contributed by atoms with van der Waals surface area (Å²) in [5.74, 6) is -0.488. The molecular weight excluding hydrogens is 443 g/mol. The monoisotopic (exact) mass is 463 g/mol. The topological polar surface area (TPSA) is 94.9 Å². The van der Waals surface area contributed by atoms with E-state index in [0.29, 0.717) is 22.6 Å². The van der Waals surface area contributed by atoms with Crippen LogP contribution in [0.3, 0.4) is 0 Å². The highest BCUT2D eigenvalue weighted by atomic mass is 32.1. The number of anilines is 1. The minimum atomic E-state index is -1.94. The molecule has 1 amide bonds. The van der Waals surface area contributed by atoms with Gasteiger partial charge in [0.05, 0.1) is 18.0 Å². The predicted molar refractivity (Wildman–Crippen MR) is 115 cm³/mol.